The fourth-order valence-corrected chi connectivity index (χ4v) is 3.83. The molecule has 3 saturated heterocycles. The Morgan fingerprint density at radius 3 is 2.84 bits per heavy atom. The number of fused-ring (bicyclic) bond motifs is 3. The zero-order valence-corrected chi connectivity index (χ0v) is 11.5. The summed E-state index contributed by atoms with van der Waals surface area (Å²) >= 11 is 0. The molecule has 3 aliphatic rings. The molecule has 19 heavy (non-hydrogen) atoms. The standard InChI is InChI=1S/C17H22N2/c1-2-15-13-19-9-8-16(15)10-17(19)12-18-11-14-6-4-3-5-7-14/h1,3-7,15-18H,8-13H2/p+2/t15-,16-,17+/m0/s1. The molecule has 0 spiro atoms. The Bertz CT molecular complexity index is 448. The number of terminal acetylenes is 1. The van der Waals surface area contributed by atoms with Gasteiger partial charge >= 0.3 is 0 Å². The van der Waals surface area contributed by atoms with Crippen molar-refractivity contribution in [1.29, 1.82) is 0 Å². The van der Waals surface area contributed by atoms with Gasteiger partial charge in [-0.05, 0) is 5.92 Å². The Morgan fingerprint density at radius 1 is 1.32 bits per heavy atom. The lowest BCUT2D eigenvalue weighted by Crippen LogP contribution is -3.21. The van der Waals surface area contributed by atoms with Crippen LogP contribution in [-0.2, 0) is 6.54 Å². The lowest BCUT2D eigenvalue weighted by molar-refractivity contribution is -0.958. The molecule has 4 rings (SSSR count). The maximum Gasteiger partial charge on any atom is 0.137 e. The molecule has 1 aromatic rings. The van der Waals surface area contributed by atoms with Crippen molar-refractivity contribution in [3.05, 3.63) is 35.9 Å². The largest absolute Gasteiger partial charge is 0.338 e. The van der Waals surface area contributed by atoms with Crippen LogP contribution >= 0.6 is 0 Å². The second-order valence-corrected chi connectivity index (χ2v) is 6.08. The lowest BCUT2D eigenvalue weighted by atomic mass is 9.76. The van der Waals surface area contributed by atoms with Gasteiger partial charge in [0.25, 0.3) is 0 Å². The molecule has 2 heteroatoms. The number of nitrogens with two attached hydrogens (primary N) is 1. The van der Waals surface area contributed by atoms with Crippen molar-refractivity contribution in [2.45, 2.75) is 25.4 Å². The zero-order valence-electron chi connectivity index (χ0n) is 11.5. The van der Waals surface area contributed by atoms with E-state index in [1.807, 2.05) is 0 Å². The van der Waals surface area contributed by atoms with Crippen molar-refractivity contribution in [3.8, 4) is 12.3 Å². The van der Waals surface area contributed by atoms with Crippen LogP contribution in [0.15, 0.2) is 30.3 Å². The summed E-state index contributed by atoms with van der Waals surface area (Å²) in [4.78, 5) is 1.76. The summed E-state index contributed by atoms with van der Waals surface area (Å²) in [5, 5.41) is 2.47. The second-order valence-electron chi connectivity index (χ2n) is 6.08. The van der Waals surface area contributed by atoms with E-state index in [-0.39, 0.29) is 0 Å². The average molecular weight is 256 g/mol. The first-order chi connectivity index (χ1) is 9.36. The molecular formula is C17H24N2+2. The van der Waals surface area contributed by atoms with Gasteiger partial charge in [0.2, 0.25) is 0 Å². The zero-order chi connectivity index (χ0) is 13.1. The predicted octanol–water partition coefficient (Wildman–Crippen LogP) is -0.323. The van der Waals surface area contributed by atoms with Gasteiger partial charge in [0.15, 0.2) is 0 Å². The number of benzene rings is 1. The first kappa shape index (κ1) is 12.7. The monoisotopic (exact) mass is 256 g/mol. The molecule has 0 saturated carbocycles. The number of quaternary nitrogens is 2. The molecule has 3 fully saturated rings. The molecule has 1 unspecified atom stereocenters. The van der Waals surface area contributed by atoms with E-state index in [0.29, 0.717) is 5.92 Å². The first-order valence-corrected chi connectivity index (χ1v) is 7.53. The van der Waals surface area contributed by atoms with Crippen molar-refractivity contribution >= 4 is 0 Å². The van der Waals surface area contributed by atoms with Gasteiger partial charge in [-0.3, -0.25) is 0 Å². The smallest absolute Gasteiger partial charge is 0.137 e. The van der Waals surface area contributed by atoms with Crippen LogP contribution in [0.25, 0.3) is 0 Å². The van der Waals surface area contributed by atoms with Crippen LogP contribution in [0.3, 0.4) is 0 Å². The minimum absolute atomic E-state index is 0.550. The van der Waals surface area contributed by atoms with Crippen LogP contribution < -0.4 is 10.2 Å². The molecule has 2 nitrogen and oxygen atoms in total. The maximum absolute atomic E-state index is 5.64. The van der Waals surface area contributed by atoms with E-state index < -0.39 is 0 Å². The van der Waals surface area contributed by atoms with Crippen LogP contribution in [0.2, 0.25) is 0 Å². The van der Waals surface area contributed by atoms with Crippen molar-refractivity contribution < 1.29 is 10.2 Å². The fraction of sp³-hybridized carbons (Fsp3) is 0.529. The fourth-order valence-electron chi connectivity index (χ4n) is 3.83. The molecule has 3 N–H and O–H groups in total. The quantitative estimate of drug-likeness (QED) is 0.689. The van der Waals surface area contributed by atoms with Gasteiger partial charge in [0, 0.05) is 18.4 Å². The third-order valence-corrected chi connectivity index (χ3v) is 4.94. The summed E-state index contributed by atoms with van der Waals surface area (Å²) in [5.74, 6) is 4.36. The number of hydrogen-bond acceptors (Lipinski definition) is 0. The topological polar surface area (TPSA) is 21.1 Å². The Kier molecular flexibility index (Phi) is 3.87. The molecule has 0 radical (unpaired) electrons. The molecule has 3 aliphatic heterocycles. The van der Waals surface area contributed by atoms with Crippen molar-refractivity contribution in [1.82, 2.24) is 0 Å². The Hall–Kier alpha value is -1.30. The molecule has 1 aromatic carbocycles. The third-order valence-electron chi connectivity index (χ3n) is 4.94. The number of rotatable bonds is 4. The van der Waals surface area contributed by atoms with Crippen LogP contribution in [-0.4, -0.2) is 25.7 Å². The molecular weight excluding hydrogens is 232 g/mol. The average Bonchev–Trinajstić information content (AvgIpc) is 2.49. The van der Waals surface area contributed by atoms with Gasteiger partial charge < -0.3 is 10.2 Å². The highest BCUT2D eigenvalue weighted by molar-refractivity contribution is 5.12. The van der Waals surface area contributed by atoms with E-state index in [1.54, 1.807) is 4.90 Å². The van der Waals surface area contributed by atoms with Crippen molar-refractivity contribution in [2.24, 2.45) is 11.8 Å². The summed E-state index contributed by atoms with van der Waals surface area (Å²) < 4.78 is 0. The molecule has 0 aromatic heterocycles. The van der Waals surface area contributed by atoms with E-state index in [9.17, 15) is 0 Å². The van der Waals surface area contributed by atoms with Gasteiger partial charge in [-0.15, -0.1) is 6.42 Å². The highest BCUT2D eigenvalue weighted by Crippen LogP contribution is 2.25. The van der Waals surface area contributed by atoms with Gasteiger partial charge in [0.1, 0.15) is 19.1 Å². The van der Waals surface area contributed by atoms with E-state index in [4.69, 9.17) is 6.42 Å². The summed E-state index contributed by atoms with van der Waals surface area (Å²) in [6.07, 6.45) is 8.33. The first-order valence-electron chi connectivity index (χ1n) is 7.53. The van der Waals surface area contributed by atoms with E-state index in [0.717, 1.165) is 18.5 Å². The normalized spacial score (nSPS) is 33.0. The third kappa shape index (κ3) is 2.83. The van der Waals surface area contributed by atoms with Crippen LogP contribution in [0.1, 0.15) is 18.4 Å². The van der Waals surface area contributed by atoms with Gasteiger partial charge in [-0.25, -0.2) is 0 Å². The van der Waals surface area contributed by atoms with Crippen LogP contribution in [0, 0.1) is 24.2 Å². The molecule has 4 atom stereocenters. The summed E-state index contributed by atoms with van der Waals surface area (Å²) in [7, 11) is 0. The number of piperidine rings is 3. The van der Waals surface area contributed by atoms with Crippen molar-refractivity contribution in [2.75, 3.05) is 19.6 Å². The van der Waals surface area contributed by atoms with E-state index >= 15 is 0 Å². The minimum atomic E-state index is 0.550. The Labute approximate surface area is 116 Å². The molecule has 0 aliphatic carbocycles. The van der Waals surface area contributed by atoms with E-state index in [1.165, 1.54) is 38.0 Å². The van der Waals surface area contributed by atoms with Crippen LogP contribution in [0.4, 0.5) is 0 Å². The summed E-state index contributed by atoms with van der Waals surface area (Å²) in [6.45, 7) is 4.91. The number of hydrogen-bond donors (Lipinski definition) is 2. The molecule has 0 amide bonds. The lowest BCUT2D eigenvalue weighted by Gasteiger charge is -2.44. The SMILES string of the molecule is C#C[C@H]1C[NH+]2CC[C@H]1C[C@@H]2C[NH2+]Cc1ccccc1. The van der Waals surface area contributed by atoms with Crippen molar-refractivity contribution in [3.63, 3.8) is 0 Å². The summed E-state index contributed by atoms with van der Waals surface area (Å²) in [5.41, 5.74) is 1.43. The van der Waals surface area contributed by atoms with Gasteiger partial charge in [0.05, 0.1) is 19.0 Å². The van der Waals surface area contributed by atoms with Gasteiger partial charge in [-0.2, -0.15) is 0 Å². The second kappa shape index (κ2) is 5.77. The highest BCUT2D eigenvalue weighted by Gasteiger charge is 2.43. The Morgan fingerprint density at radius 2 is 2.16 bits per heavy atom. The molecule has 2 bridgehead atoms. The molecule has 100 valence electrons. The predicted molar refractivity (Wildman–Crippen MR) is 76.5 cm³/mol. The van der Waals surface area contributed by atoms with Crippen LogP contribution in [0.5, 0.6) is 0 Å². The highest BCUT2D eigenvalue weighted by atomic mass is 15.2. The minimum Gasteiger partial charge on any atom is -0.338 e. The van der Waals surface area contributed by atoms with E-state index in [2.05, 4.69) is 41.6 Å². The maximum atomic E-state index is 5.64. The number of nitrogens with one attached hydrogen (secondary N) is 1. The summed E-state index contributed by atoms with van der Waals surface area (Å²) in [6, 6.07) is 11.6. The van der Waals surface area contributed by atoms with Gasteiger partial charge in [-0.1, -0.05) is 36.3 Å². The Balaban J connectivity index is 1.49. The molecule has 3 heterocycles.